The number of imide groups is 1. The Hall–Kier alpha value is -4.92. The van der Waals surface area contributed by atoms with E-state index in [1.54, 1.807) is 65.2 Å². The highest BCUT2D eigenvalue weighted by molar-refractivity contribution is 6.38. The number of para-hydroxylation sites is 2. The number of rotatable bonds is 7. The number of amides is 3. The van der Waals surface area contributed by atoms with E-state index in [1.165, 1.54) is 0 Å². The Bertz CT molecular complexity index is 1960. The Labute approximate surface area is 262 Å². The standard InChI is InChI=1S/C34H25Cl2N3O5/c1-19-9-12-21-18-30(40)38(33(42)24(21)15-19)23-13-10-20(11-14-23)16-27(34(43)44)37-32(41)29-17-22-5-2-3-8-28(22)39(29)31-25(35)6-4-7-26(31)36/h2-15,17,27H,16,18H2,1H3,(H,37,41)(H,43,44)/t27-/m0/s1. The number of nitrogens with zero attached hydrogens (tertiary/aromatic N) is 2. The molecule has 1 aliphatic heterocycles. The third kappa shape index (κ3) is 5.34. The van der Waals surface area contributed by atoms with Crippen molar-refractivity contribution in [1.29, 1.82) is 0 Å². The number of carbonyl (C=O) groups excluding carboxylic acids is 3. The summed E-state index contributed by atoms with van der Waals surface area (Å²) in [5.41, 5.74) is 4.31. The predicted octanol–water partition coefficient (Wildman–Crippen LogP) is 6.40. The number of carboxylic acids is 1. The summed E-state index contributed by atoms with van der Waals surface area (Å²) in [6.45, 7) is 1.88. The molecule has 1 aromatic heterocycles. The summed E-state index contributed by atoms with van der Waals surface area (Å²) in [5, 5.41) is 14.1. The fourth-order valence-corrected chi connectivity index (χ4v) is 6.06. The largest absolute Gasteiger partial charge is 0.480 e. The molecule has 8 nitrogen and oxygen atoms in total. The van der Waals surface area contributed by atoms with Gasteiger partial charge in [-0.05, 0) is 60.5 Å². The molecule has 0 unspecified atom stereocenters. The Morgan fingerprint density at radius 2 is 1.61 bits per heavy atom. The van der Waals surface area contributed by atoms with Crippen LogP contribution in [0.4, 0.5) is 5.69 Å². The highest BCUT2D eigenvalue weighted by Crippen LogP contribution is 2.34. The van der Waals surface area contributed by atoms with Gasteiger partial charge in [-0.2, -0.15) is 0 Å². The van der Waals surface area contributed by atoms with Crippen LogP contribution in [0.3, 0.4) is 0 Å². The second-order valence-electron chi connectivity index (χ2n) is 10.6. The second kappa shape index (κ2) is 11.6. The number of hydrogen-bond donors (Lipinski definition) is 2. The monoisotopic (exact) mass is 625 g/mol. The van der Waals surface area contributed by atoms with Crippen LogP contribution < -0.4 is 10.2 Å². The molecular formula is C34H25Cl2N3O5. The molecule has 10 heteroatoms. The first-order valence-electron chi connectivity index (χ1n) is 13.8. The molecule has 2 heterocycles. The minimum absolute atomic E-state index is 0.0433. The average molecular weight is 626 g/mol. The summed E-state index contributed by atoms with van der Waals surface area (Å²) >= 11 is 13.0. The van der Waals surface area contributed by atoms with E-state index >= 15 is 0 Å². The molecule has 0 fully saturated rings. The molecule has 0 aliphatic carbocycles. The van der Waals surface area contributed by atoms with Crippen molar-refractivity contribution in [3.63, 3.8) is 0 Å². The lowest BCUT2D eigenvalue weighted by Gasteiger charge is -2.27. The van der Waals surface area contributed by atoms with Gasteiger partial charge in [0.05, 0.1) is 33.4 Å². The summed E-state index contributed by atoms with van der Waals surface area (Å²) in [5.74, 6) is -2.60. The molecule has 6 rings (SSSR count). The number of aliphatic carboxylic acids is 1. The van der Waals surface area contributed by atoms with E-state index in [2.05, 4.69) is 5.32 Å². The van der Waals surface area contributed by atoms with Crippen LogP contribution in [0.25, 0.3) is 16.6 Å². The van der Waals surface area contributed by atoms with Gasteiger partial charge in [0.2, 0.25) is 5.91 Å². The molecule has 2 N–H and O–H groups in total. The van der Waals surface area contributed by atoms with Crippen molar-refractivity contribution in [1.82, 2.24) is 9.88 Å². The van der Waals surface area contributed by atoms with E-state index in [-0.39, 0.29) is 24.4 Å². The van der Waals surface area contributed by atoms with Gasteiger partial charge in [-0.3, -0.25) is 14.4 Å². The molecule has 44 heavy (non-hydrogen) atoms. The fourth-order valence-electron chi connectivity index (χ4n) is 5.50. The SMILES string of the molecule is Cc1ccc2c(c1)C(=O)N(c1ccc(C[C@H](NC(=O)c3cc4ccccc4n3-c3c(Cl)cccc3Cl)C(=O)O)cc1)C(=O)C2. The maximum Gasteiger partial charge on any atom is 0.326 e. The Morgan fingerprint density at radius 3 is 2.32 bits per heavy atom. The van der Waals surface area contributed by atoms with E-state index in [1.807, 2.05) is 37.3 Å². The number of carboxylic acid groups (broad SMARTS) is 1. The van der Waals surface area contributed by atoms with E-state index in [4.69, 9.17) is 23.2 Å². The molecule has 4 aromatic carbocycles. The van der Waals surface area contributed by atoms with E-state index < -0.39 is 23.8 Å². The number of fused-ring (bicyclic) bond motifs is 2. The van der Waals surface area contributed by atoms with Gasteiger partial charge in [0.1, 0.15) is 11.7 Å². The third-order valence-electron chi connectivity index (χ3n) is 7.63. The van der Waals surface area contributed by atoms with Crippen LogP contribution >= 0.6 is 23.2 Å². The molecule has 0 spiro atoms. The second-order valence-corrected chi connectivity index (χ2v) is 11.4. The smallest absolute Gasteiger partial charge is 0.326 e. The topological polar surface area (TPSA) is 109 Å². The van der Waals surface area contributed by atoms with E-state index in [0.29, 0.717) is 43.6 Å². The van der Waals surface area contributed by atoms with Gasteiger partial charge < -0.3 is 15.0 Å². The number of halogens is 2. The Kier molecular flexibility index (Phi) is 7.71. The van der Waals surface area contributed by atoms with Crippen molar-refractivity contribution in [2.24, 2.45) is 0 Å². The van der Waals surface area contributed by atoms with Gasteiger partial charge >= 0.3 is 5.97 Å². The Balaban J connectivity index is 1.26. The van der Waals surface area contributed by atoms with E-state index in [0.717, 1.165) is 15.8 Å². The number of anilines is 1. The van der Waals surface area contributed by atoms with Crippen LogP contribution in [-0.2, 0) is 22.4 Å². The van der Waals surface area contributed by atoms with Gasteiger partial charge in [-0.25, -0.2) is 9.69 Å². The van der Waals surface area contributed by atoms with Crippen molar-refractivity contribution in [3.8, 4) is 5.69 Å². The van der Waals surface area contributed by atoms with Crippen LogP contribution in [0.15, 0.2) is 91.0 Å². The fraction of sp³-hybridized carbons (Fsp3) is 0.118. The number of hydrogen-bond acceptors (Lipinski definition) is 4. The summed E-state index contributed by atoms with van der Waals surface area (Å²) in [4.78, 5) is 53.1. The zero-order chi connectivity index (χ0) is 31.1. The lowest BCUT2D eigenvalue weighted by Crippen LogP contribution is -2.43. The highest BCUT2D eigenvalue weighted by Gasteiger charge is 2.32. The molecule has 5 aromatic rings. The van der Waals surface area contributed by atoms with Gasteiger partial charge in [0, 0.05) is 17.4 Å². The molecule has 1 aliphatic rings. The van der Waals surface area contributed by atoms with Crippen LogP contribution in [0.5, 0.6) is 0 Å². The molecule has 0 saturated heterocycles. The number of aromatic nitrogens is 1. The molecule has 3 amide bonds. The third-order valence-corrected chi connectivity index (χ3v) is 8.24. The highest BCUT2D eigenvalue weighted by atomic mass is 35.5. The van der Waals surface area contributed by atoms with Gasteiger partial charge in [0.25, 0.3) is 11.8 Å². The minimum atomic E-state index is -1.28. The summed E-state index contributed by atoms with van der Waals surface area (Å²) in [7, 11) is 0. The Morgan fingerprint density at radius 1 is 0.909 bits per heavy atom. The van der Waals surface area contributed by atoms with Crippen LogP contribution in [0, 0.1) is 6.92 Å². The first-order chi connectivity index (χ1) is 21.1. The normalized spacial score (nSPS) is 13.6. The van der Waals surface area contributed by atoms with Gasteiger partial charge in [-0.1, -0.05) is 77.3 Å². The first kappa shape index (κ1) is 29.2. The molecule has 0 bridgehead atoms. The molecule has 220 valence electrons. The number of carbonyl (C=O) groups is 4. The van der Waals surface area contributed by atoms with Gasteiger partial charge in [-0.15, -0.1) is 0 Å². The number of benzene rings is 4. The van der Waals surface area contributed by atoms with Crippen molar-refractivity contribution in [3.05, 3.63) is 129 Å². The summed E-state index contributed by atoms with van der Waals surface area (Å²) in [6, 6.07) is 24.6. The average Bonchev–Trinajstić information content (AvgIpc) is 3.37. The van der Waals surface area contributed by atoms with Crippen molar-refractivity contribution >= 4 is 63.5 Å². The molecule has 0 saturated carbocycles. The maximum atomic E-state index is 13.6. The van der Waals surface area contributed by atoms with E-state index in [9.17, 15) is 24.3 Å². The summed E-state index contributed by atoms with van der Waals surface area (Å²) in [6.07, 6.45) is 0.0602. The molecule has 1 atom stereocenters. The van der Waals surface area contributed by atoms with Crippen LogP contribution in [-0.4, -0.2) is 39.4 Å². The van der Waals surface area contributed by atoms with Crippen LogP contribution in [0.2, 0.25) is 10.0 Å². The molecule has 0 radical (unpaired) electrons. The predicted molar refractivity (Wildman–Crippen MR) is 169 cm³/mol. The zero-order valence-electron chi connectivity index (χ0n) is 23.4. The number of nitrogens with one attached hydrogen (secondary N) is 1. The minimum Gasteiger partial charge on any atom is -0.480 e. The zero-order valence-corrected chi connectivity index (χ0v) is 24.9. The van der Waals surface area contributed by atoms with Crippen molar-refractivity contribution < 1.29 is 24.3 Å². The van der Waals surface area contributed by atoms with Gasteiger partial charge in [0.15, 0.2) is 0 Å². The van der Waals surface area contributed by atoms with Crippen LogP contribution in [0.1, 0.15) is 37.5 Å². The quantitative estimate of drug-likeness (QED) is 0.203. The first-order valence-corrected chi connectivity index (χ1v) is 14.5. The van der Waals surface area contributed by atoms with Crippen molar-refractivity contribution in [2.75, 3.05) is 4.90 Å². The summed E-state index contributed by atoms with van der Waals surface area (Å²) < 4.78 is 1.62. The van der Waals surface area contributed by atoms with Crippen molar-refractivity contribution in [2.45, 2.75) is 25.8 Å². The maximum absolute atomic E-state index is 13.6. The molecular weight excluding hydrogens is 601 g/mol. The lowest BCUT2D eigenvalue weighted by molar-refractivity contribution is -0.139. The lowest BCUT2D eigenvalue weighted by atomic mass is 9.96. The number of aryl methyl sites for hydroxylation is 1.